The Bertz CT molecular complexity index is 1440. The van der Waals surface area contributed by atoms with E-state index in [9.17, 15) is 19.2 Å². The summed E-state index contributed by atoms with van der Waals surface area (Å²) in [4.78, 5) is 50.3. The SMILES string of the molecule is COC(=C/N(C)C(CC(=N)/C=C\NC1CC1)C(=O)Nc1ccc(C(=O)O)cc1)/C(=C\C=O)c1cc(Cl)ccc1C(C)=O. The Hall–Kier alpha value is -4.70. The van der Waals surface area contributed by atoms with Crippen LogP contribution >= 0.6 is 11.6 Å². The van der Waals surface area contributed by atoms with Gasteiger partial charge in [0, 0.05) is 53.3 Å². The van der Waals surface area contributed by atoms with Gasteiger partial charge in [-0.2, -0.15) is 0 Å². The molecule has 0 spiro atoms. The van der Waals surface area contributed by atoms with E-state index in [1.165, 1.54) is 50.6 Å². The second-order valence-electron chi connectivity index (χ2n) is 9.72. The number of carbonyl (C=O) groups excluding carboxylic acids is 3. The summed E-state index contributed by atoms with van der Waals surface area (Å²) in [6, 6.07) is 9.89. The number of methoxy groups -OCH3 is 1. The topological polar surface area (TPSA) is 149 Å². The molecule has 2 aromatic carbocycles. The summed E-state index contributed by atoms with van der Waals surface area (Å²) in [6.07, 6.45) is 8.77. The molecule has 1 amide bonds. The fourth-order valence-corrected chi connectivity index (χ4v) is 4.25. The molecule has 10 nitrogen and oxygen atoms in total. The molecule has 1 aliphatic rings. The van der Waals surface area contributed by atoms with Crippen LogP contribution in [-0.2, 0) is 14.3 Å². The Morgan fingerprint density at radius 3 is 2.43 bits per heavy atom. The van der Waals surface area contributed by atoms with E-state index in [1.54, 1.807) is 42.4 Å². The van der Waals surface area contributed by atoms with Gasteiger partial charge in [0.2, 0.25) is 5.91 Å². The van der Waals surface area contributed by atoms with Crippen molar-refractivity contribution in [3.8, 4) is 0 Å². The van der Waals surface area contributed by atoms with Crippen molar-refractivity contribution in [3.63, 3.8) is 0 Å². The molecule has 0 bridgehead atoms. The molecule has 1 aliphatic carbocycles. The summed E-state index contributed by atoms with van der Waals surface area (Å²) in [7, 11) is 3.02. The van der Waals surface area contributed by atoms with Crippen LogP contribution in [0.15, 0.2) is 72.8 Å². The van der Waals surface area contributed by atoms with Crippen LogP contribution in [0.1, 0.15) is 52.5 Å². The van der Waals surface area contributed by atoms with Crippen molar-refractivity contribution in [2.45, 2.75) is 38.3 Å². The number of likely N-dealkylation sites (N-methyl/N-ethyl adjacent to an activating group) is 1. The molecular weight excluding hydrogens is 560 g/mol. The molecule has 11 heteroatoms. The average Bonchev–Trinajstić information content (AvgIpc) is 3.78. The number of hydrogen-bond donors (Lipinski definition) is 4. The number of aromatic carboxylic acids is 1. The molecule has 220 valence electrons. The normalized spacial score (nSPS) is 14.2. The monoisotopic (exact) mass is 592 g/mol. The minimum atomic E-state index is -1.09. The fraction of sp³-hybridized carbons (Fsp3) is 0.258. The van der Waals surface area contributed by atoms with E-state index in [0.717, 1.165) is 12.8 Å². The smallest absolute Gasteiger partial charge is 0.335 e. The molecule has 1 atom stereocenters. The Labute approximate surface area is 249 Å². The van der Waals surface area contributed by atoms with Crippen molar-refractivity contribution in [3.05, 3.63) is 94.5 Å². The number of rotatable bonds is 15. The van der Waals surface area contributed by atoms with Crippen molar-refractivity contribution in [2.24, 2.45) is 0 Å². The van der Waals surface area contributed by atoms with E-state index in [4.69, 9.17) is 26.9 Å². The number of allylic oxidation sites excluding steroid dienone is 3. The Kier molecular flexibility index (Phi) is 11.2. The number of amides is 1. The van der Waals surface area contributed by atoms with Gasteiger partial charge in [-0.25, -0.2) is 4.79 Å². The summed E-state index contributed by atoms with van der Waals surface area (Å²) >= 11 is 6.22. The van der Waals surface area contributed by atoms with E-state index < -0.39 is 17.9 Å². The van der Waals surface area contributed by atoms with Gasteiger partial charge >= 0.3 is 5.97 Å². The third-order valence-electron chi connectivity index (χ3n) is 6.49. The standard InChI is InChI=1S/C31H33ClN4O6/c1-19(38)25-11-6-21(32)16-27(25)26(13-15-37)29(42-3)18-36(2)28(17-22(33)12-14-34-23-9-10-23)30(39)35-24-7-4-20(5-8-24)31(40)41/h4-8,11-16,18,23,28,33-34H,9-10,17H2,1-3H3,(H,35,39)(H,40,41)/b14-12-,26-13-,29-18+,33-22?. The highest BCUT2D eigenvalue weighted by atomic mass is 35.5. The van der Waals surface area contributed by atoms with Crippen LogP contribution in [0.25, 0.3) is 5.57 Å². The zero-order chi connectivity index (χ0) is 30.8. The average molecular weight is 593 g/mol. The maximum Gasteiger partial charge on any atom is 0.335 e. The molecule has 0 radical (unpaired) electrons. The molecule has 4 N–H and O–H groups in total. The number of anilines is 1. The van der Waals surface area contributed by atoms with Crippen LogP contribution in [0.4, 0.5) is 5.69 Å². The molecule has 1 fully saturated rings. The summed E-state index contributed by atoms with van der Waals surface area (Å²) in [6.45, 7) is 1.40. The number of carboxylic acids is 1. The van der Waals surface area contributed by atoms with E-state index in [1.807, 2.05) is 0 Å². The molecule has 0 aliphatic heterocycles. The second kappa shape index (κ2) is 14.8. The zero-order valence-electron chi connectivity index (χ0n) is 23.5. The van der Waals surface area contributed by atoms with E-state index in [2.05, 4.69) is 10.6 Å². The van der Waals surface area contributed by atoms with Crippen molar-refractivity contribution in [1.29, 1.82) is 5.41 Å². The molecule has 0 heterocycles. The van der Waals surface area contributed by atoms with Gasteiger partial charge in [-0.05, 0) is 86.1 Å². The number of halogens is 1. The highest BCUT2D eigenvalue weighted by molar-refractivity contribution is 6.31. The number of ether oxygens (including phenoxy) is 1. The summed E-state index contributed by atoms with van der Waals surface area (Å²) in [5.74, 6) is -1.62. The number of ketones is 1. The van der Waals surface area contributed by atoms with Gasteiger partial charge in [0.1, 0.15) is 18.1 Å². The van der Waals surface area contributed by atoms with Gasteiger partial charge < -0.3 is 30.8 Å². The Balaban J connectivity index is 1.96. The summed E-state index contributed by atoms with van der Waals surface area (Å²) in [5.41, 5.74) is 1.62. The lowest BCUT2D eigenvalue weighted by Gasteiger charge is -2.27. The zero-order valence-corrected chi connectivity index (χ0v) is 24.3. The summed E-state index contributed by atoms with van der Waals surface area (Å²) < 4.78 is 5.62. The van der Waals surface area contributed by atoms with Crippen molar-refractivity contribution < 1.29 is 29.0 Å². The lowest BCUT2D eigenvalue weighted by molar-refractivity contribution is -0.119. The Morgan fingerprint density at radius 2 is 1.86 bits per heavy atom. The van der Waals surface area contributed by atoms with Gasteiger partial charge in [0.05, 0.1) is 12.7 Å². The van der Waals surface area contributed by atoms with E-state index in [0.29, 0.717) is 34.2 Å². The van der Waals surface area contributed by atoms with E-state index in [-0.39, 0.29) is 34.8 Å². The minimum absolute atomic E-state index is 0.00841. The number of aldehydes is 1. The molecular formula is C31H33ClN4O6. The molecule has 3 rings (SSSR count). The third kappa shape index (κ3) is 8.90. The maximum absolute atomic E-state index is 13.5. The first-order valence-corrected chi connectivity index (χ1v) is 13.5. The highest BCUT2D eigenvalue weighted by Crippen LogP contribution is 2.30. The fourth-order valence-electron chi connectivity index (χ4n) is 4.08. The van der Waals surface area contributed by atoms with Gasteiger partial charge in [0.25, 0.3) is 0 Å². The number of carbonyl (C=O) groups is 4. The highest BCUT2D eigenvalue weighted by Gasteiger charge is 2.25. The number of nitrogens with one attached hydrogen (secondary N) is 3. The number of Topliss-reactive ketones (excluding diaryl/α,β-unsaturated/α-hetero) is 1. The van der Waals surface area contributed by atoms with Gasteiger partial charge in [-0.1, -0.05) is 11.6 Å². The van der Waals surface area contributed by atoms with Crippen molar-refractivity contribution in [1.82, 2.24) is 10.2 Å². The molecule has 0 aromatic heterocycles. The first-order chi connectivity index (χ1) is 20.0. The Morgan fingerprint density at radius 1 is 1.17 bits per heavy atom. The van der Waals surface area contributed by atoms with Crippen LogP contribution in [0.5, 0.6) is 0 Å². The molecule has 1 saturated carbocycles. The second-order valence-corrected chi connectivity index (χ2v) is 10.2. The van der Waals surface area contributed by atoms with Crippen LogP contribution in [0.3, 0.4) is 0 Å². The number of hydrogen-bond acceptors (Lipinski definition) is 8. The number of benzene rings is 2. The lowest BCUT2D eigenvalue weighted by atomic mass is 9.95. The van der Waals surface area contributed by atoms with Crippen LogP contribution in [-0.4, -0.2) is 65.9 Å². The molecule has 0 saturated heterocycles. The van der Waals surface area contributed by atoms with E-state index >= 15 is 0 Å². The number of nitrogens with zero attached hydrogens (tertiary/aromatic N) is 1. The lowest BCUT2D eigenvalue weighted by Crippen LogP contribution is -2.40. The van der Waals surface area contributed by atoms with Crippen molar-refractivity contribution >= 4 is 52.5 Å². The summed E-state index contributed by atoms with van der Waals surface area (Å²) in [5, 5.41) is 23.9. The molecule has 42 heavy (non-hydrogen) atoms. The first-order valence-electron chi connectivity index (χ1n) is 13.1. The number of carboxylic acid groups (broad SMARTS) is 1. The van der Waals surface area contributed by atoms with Crippen LogP contribution < -0.4 is 10.6 Å². The first kappa shape index (κ1) is 31.8. The predicted octanol–water partition coefficient (Wildman–Crippen LogP) is 4.93. The van der Waals surface area contributed by atoms with Gasteiger partial charge in [-0.15, -0.1) is 0 Å². The quantitative estimate of drug-likeness (QED) is 0.0568. The molecule has 2 aromatic rings. The largest absolute Gasteiger partial charge is 0.495 e. The van der Waals surface area contributed by atoms with Crippen molar-refractivity contribution in [2.75, 3.05) is 19.5 Å². The third-order valence-corrected chi connectivity index (χ3v) is 6.73. The van der Waals surface area contributed by atoms with Crippen LogP contribution in [0.2, 0.25) is 5.02 Å². The minimum Gasteiger partial charge on any atom is -0.495 e. The van der Waals surface area contributed by atoms with Gasteiger partial charge in [-0.3, -0.25) is 14.4 Å². The molecule has 1 unspecified atom stereocenters. The van der Waals surface area contributed by atoms with Crippen LogP contribution in [0, 0.1) is 5.41 Å². The van der Waals surface area contributed by atoms with Gasteiger partial charge in [0.15, 0.2) is 5.78 Å². The maximum atomic E-state index is 13.5. The predicted molar refractivity (Wildman–Crippen MR) is 162 cm³/mol.